The molecule has 0 amide bonds. The van der Waals surface area contributed by atoms with Crippen LogP contribution in [0.25, 0.3) is 0 Å². The quantitative estimate of drug-likeness (QED) is 0.377. The van der Waals surface area contributed by atoms with Crippen LogP contribution in [-0.4, -0.2) is 16.0 Å². The van der Waals surface area contributed by atoms with Crippen LogP contribution < -0.4 is 9.80 Å². The summed E-state index contributed by atoms with van der Waals surface area (Å²) in [5, 5.41) is 0. The van der Waals surface area contributed by atoms with Crippen LogP contribution in [0.3, 0.4) is 0 Å². The Morgan fingerprint density at radius 2 is 1.65 bits per heavy atom. The van der Waals surface area contributed by atoms with E-state index in [-0.39, 0.29) is 0 Å². The van der Waals surface area contributed by atoms with Gasteiger partial charge in [0, 0.05) is 18.1 Å². The summed E-state index contributed by atoms with van der Waals surface area (Å²) in [6, 6.07) is 10.6. The van der Waals surface area contributed by atoms with Crippen molar-refractivity contribution in [3.05, 3.63) is 49.4 Å². The molecule has 2 heterocycles. The molecule has 0 saturated heterocycles. The summed E-state index contributed by atoms with van der Waals surface area (Å²) in [6.45, 7) is 6.34. The fraction of sp³-hybridized carbons (Fsp3) is 0.214. The molecule has 0 unspecified atom stereocenters. The molecule has 2 aromatic rings. The van der Waals surface area contributed by atoms with E-state index >= 15 is 0 Å². The number of anilines is 3. The zero-order valence-corrected chi connectivity index (χ0v) is 14.8. The van der Waals surface area contributed by atoms with Gasteiger partial charge in [0.2, 0.25) is 0 Å². The van der Waals surface area contributed by atoms with Crippen LogP contribution in [0, 0.1) is 6.67 Å². The molecule has 110 valence electrons. The monoisotopic (exact) mass is 473 g/mol. The Hall–Kier alpha value is -0.630. The number of hydrogen-bond acceptors (Lipinski definition) is 4. The van der Waals surface area contributed by atoms with Crippen molar-refractivity contribution >= 4 is 36.3 Å². The average molecular weight is 474 g/mol. The van der Waals surface area contributed by atoms with Gasteiger partial charge in [-0.2, -0.15) is 0 Å². The number of hydrogen-bond donors (Lipinski definition) is 0. The van der Waals surface area contributed by atoms with Crippen molar-refractivity contribution in [3.8, 4) is 0 Å². The van der Waals surface area contributed by atoms with E-state index < -0.39 is 0 Å². The second kappa shape index (κ2) is 7.40. The van der Waals surface area contributed by atoms with Crippen LogP contribution in [-0.2, 0) is 17.3 Å². The topological polar surface area (TPSA) is 32.3 Å². The SMILES string of the molecule is CC(C)N1[CH-]N(c2ccccc2)c2nccnc21.[Ag][I]. The molecule has 1 aliphatic rings. The standard InChI is InChI=1S/C14H15N4.Ag.HI/c1-11(2)17-10-18(12-6-4-3-5-7-12)14-13(17)15-8-9-16-14;;/h3-11H,1-2H3;;1H/q-1;+1;/p-1. The molecule has 0 fully saturated rings. The van der Waals surface area contributed by atoms with Crippen molar-refractivity contribution in [1.29, 1.82) is 0 Å². The van der Waals surface area contributed by atoms with Crippen molar-refractivity contribution in [1.82, 2.24) is 9.97 Å². The molecule has 0 saturated carbocycles. The van der Waals surface area contributed by atoms with Gasteiger partial charge >= 0.3 is 36.3 Å². The first-order valence-electron chi connectivity index (χ1n) is 6.17. The molecule has 20 heavy (non-hydrogen) atoms. The van der Waals surface area contributed by atoms with E-state index in [0.717, 1.165) is 17.3 Å². The molecule has 0 spiro atoms. The predicted octanol–water partition coefficient (Wildman–Crippen LogP) is 3.85. The summed E-state index contributed by atoms with van der Waals surface area (Å²) in [5.74, 6) is 1.80. The second-order valence-electron chi connectivity index (χ2n) is 4.53. The molecule has 3 rings (SSSR count). The van der Waals surface area contributed by atoms with Gasteiger partial charge in [0.05, 0.1) is 0 Å². The van der Waals surface area contributed by atoms with E-state index in [1.165, 1.54) is 0 Å². The Bertz CT molecular complexity index is 550. The molecule has 0 radical (unpaired) electrons. The summed E-state index contributed by atoms with van der Waals surface area (Å²) in [6.07, 6.45) is 3.46. The second-order valence-corrected chi connectivity index (χ2v) is 4.53. The molecule has 0 atom stereocenters. The van der Waals surface area contributed by atoms with Crippen molar-refractivity contribution < 1.29 is 17.3 Å². The van der Waals surface area contributed by atoms with Gasteiger partial charge < -0.3 is 9.80 Å². The molecule has 0 N–H and O–H groups in total. The molecule has 1 aliphatic heterocycles. The van der Waals surface area contributed by atoms with Crippen LogP contribution >= 0.6 is 19.0 Å². The summed E-state index contributed by atoms with van der Waals surface area (Å²) in [7, 11) is 0. The van der Waals surface area contributed by atoms with Gasteiger partial charge in [-0.3, -0.25) is 0 Å². The molecule has 6 heteroatoms. The molecule has 0 aliphatic carbocycles. The number of halogens is 1. The molecule has 1 aromatic carbocycles. The third-order valence-corrected chi connectivity index (χ3v) is 2.96. The Labute approximate surface area is 142 Å². The fourth-order valence-electron chi connectivity index (χ4n) is 2.06. The van der Waals surface area contributed by atoms with Crippen LogP contribution in [0.15, 0.2) is 42.7 Å². The van der Waals surface area contributed by atoms with E-state index in [2.05, 4.69) is 69.7 Å². The van der Waals surface area contributed by atoms with Crippen LogP contribution in [0.1, 0.15) is 13.8 Å². The molecular formula is C14H15AgIN4-. The van der Waals surface area contributed by atoms with E-state index in [0.29, 0.717) is 6.04 Å². The zero-order chi connectivity index (χ0) is 14.5. The average Bonchev–Trinajstić information content (AvgIpc) is 2.90. The van der Waals surface area contributed by atoms with Gasteiger partial charge in [-0.25, -0.2) is 9.97 Å². The van der Waals surface area contributed by atoms with E-state index in [9.17, 15) is 0 Å². The van der Waals surface area contributed by atoms with Gasteiger partial charge in [0.15, 0.2) is 0 Å². The van der Waals surface area contributed by atoms with Gasteiger partial charge in [0.1, 0.15) is 11.6 Å². The summed E-state index contributed by atoms with van der Waals surface area (Å²) in [5.41, 5.74) is 1.10. The molecule has 4 nitrogen and oxygen atoms in total. The number of para-hydroxylation sites is 1. The number of fused-ring (bicyclic) bond motifs is 1. The summed E-state index contributed by atoms with van der Waals surface area (Å²) < 4.78 is 0. The van der Waals surface area contributed by atoms with Crippen molar-refractivity contribution in [2.24, 2.45) is 0 Å². The van der Waals surface area contributed by atoms with E-state index in [1.807, 2.05) is 37.2 Å². The van der Waals surface area contributed by atoms with Gasteiger partial charge in [0.25, 0.3) is 0 Å². The van der Waals surface area contributed by atoms with Crippen LogP contribution in [0.4, 0.5) is 17.3 Å². The predicted molar refractivity (Wildman–Crippen MR) is 86.5 cm³/mol. The number of rotatable bonds is 2. The summed E-state index contributed by atoms with van der Waals surface area (Å²) in [4.78, 5) is 13.1. The number of aromatic nitrogens is 2. The molecular weight excluding hydrogens is 459 g/mol. The molecule has 1 aromatic heterocycles. The summed E-state index contributed by atoms with van der Waals surface area (Å²) >= 11 is 4.88. The van der Waals surface area contributed by atoms with Gasteiger partial charge in [-0.05, 0) is 32.0 Å². The first-order chi connectivity index (χ1) is 9.77. The zero-order valence-electron chi connectivity index (χ0n) is 11.2. The first kappa shape index (κ1) is 15.8. The Balaban J connectivity index is 0.000000704. The Morgan fingerprint density at radius 3 is 2.25 bits per heavy atom. The maximum atomic E-state index is 4.44. The number of nitrogens with zero attached hydrogens (tertiary/aromatic N) is 4. The van der Waals surface area contributed by atoms with Gasteiger partial charge in [-0.1, -0.05) is 18.2 Å². The van der Waals surface area contributed by atoms with Crippen molar-refractivity contribution in [2.75, 3.05) is 9.80 Å². The third kappa shape index (κ3) is 3.16. The normalized spacial score (nSPS) is 13.1. The Morgan fingerprint density at radius 1 is 1.05 bits per heavy atom. The van der Waals surface area contributed by atoms with Crippen molar-refractivity contribution in [3.63, 3.8) is 0 Å². The number of benzene rings is 1. The minimum absolute atomic E-state index is 0.356. The molecule has 0 bridgehead atoms. The van der Waals surface area contributed by atoms with E-state index in [1.54, 1.807) is 12.4 Å². The van der Waals surface area contributed by atoms with Crippen molar-refractivity contribution in [2.45, 2.75) is 19.9 Å². The Kier molecular flexibility index (Phi) is 5.83. The minimum atomic E-state index is 0.356. The van der Waals surface area contributed by atoms with Gasteiger partial charge in [-0.15, -0.1) is 6.67 Å². The van der Waals surface area contributed by atoms with Crippen LogP contribution in [0.5, 0.6) is 0 Å². The maximum absolute atomic E-state index is 4.44. The van der Waals surface area contributed by atoms with E-state index in [4.69, 9.17) is 0 Å². The fourth-order valence-corrected chi connectivity index (χ4v) is 2.06. The van der Waals surface area contributed by atoms with Crippen LogP contribution in [0.2, 0.25) is 0 Å². The third-order valence-electron chi connectivity index (χ3n) is 2.96. The first-order valence-corrected chi connectivity index (χ1v) is 10.6.